The lowest BCUT2D eigenvalue weighted by Gasteiger charge is -2.05. The largest absolute Gasteiger partial charge is 0.478 e. The van der Waals surface area contributed by atoms with Crippen LogP contribution in [-0.2, 0) is 0 Å². The van der Waals surface area contributed by atoms with Crippen LogP contribution in [0.3, 0.4) is 0 Å². The number of aromatic nitrogens is 3. The summed E-state index contributed by atoms with van der Waals surface area (Å²) in [6.45, 7) is 3.42. The fourth-order valence-electron chi connectivity index (χ4n) is 1.73. The second-order valence-corrected chi connectivity index (χ2v) is 4.44. The fourth-order valence-corrected chi connectivity index (χ4v) is 2.14. The van der Waals surface area contributed by atoms with Crippen molar-refractivity contribution in [1.82, 2.24) is 14.8 Å². The van der Waals surface area contributed by atoms with Crippen molar-refractivity contribution in [1.29, 1.82) is 0 Å². The topological polar surface area (TPSA) is 68.0 Å². The summed E-state index contributed by atoms with van der Waals surface area (Å²) in [5.41, 5.74) is 2.11. The van der Waals surface area contributed by atoms with E-state index < -0.39 is 5.97 Å². The highest BCUT2D eigenvalue weighted by molar-refractivity contribution is 9.10. The Morgan fingerprint density at radius 3 is 2.71 bits per heavy atom. The molecule has 0 saturated carbocycles. The van der Waals surface area contributed by atoms with E-state index in [1.54, 1.807) is 37.0 Å². The Hall–Kier alpha value is -1.69. The molecule has 2 heterocycles. The van der Waals surface area contributed by atoms with Gasteiger partial charge in [0.2, 0.25) is 0 Å². The summed E-state index contributed by atoms with van der Waals surface area (Å²) in [5.74, 6) is -0.962. The van der Waals surface area contributed by atoms with Crippen LogP contribution in [0.4, 0.5) is 0 Å². The summed E-state index contributed by atoms with van der Waals surface area (Å²) in [7, 11) is 0. The lowest BCUT2D eigenvalue weighted by Crippen LogP contribution is -2.03. The van der Waals surface area contributed by atoms with Crippen molar-refractivity contribution in [3.05, 3.63) is 39.9 Å². The Kier molecular flexibility index (Phi) is 2.97. The fraction of sp³-hybridized carbons (Fsp3) is 0.182. The van der Waals surface area contributed by atoms with E-state index in [1.807, 2.05) is 0 Å². The van der Waals surface area contributed by atoms with Gasteiger partial charge in [0.25, 0.3) is 0 Å². The summed E-state index contributed by atoms with van der Waals surface area (Å²) in [5, 5.41) is 13.3. The summed E-state index contributed by atoms with van der Waals surface area (Å²) in [4.78, 5) is 15.1. The molecule has 0 aliphatic heterocycles. The van der Waals surface area contributed by atoms with Crippen molar-refractivity contribution < 1.29 is 9.90 Å². The van der Waals surface area contributed by atoms with Crippen LogP contribution < -0.4 is 0 Å². The summed E-state index contributed by atoms with van der Waals surface area (Å²) < 4.78 is 2.37. The molecular formula is C11H10BrN3O2. The predicted molar refractivity (Wildman–Crippen MR) is 65.5 cm³/mol. The minimum absolute atomic E-state index is 0.244. The van der Waals surface area contributed by atoms with Crippen molar-refractivity contribution in [3.8, 4) is 5.69 Å². The van der Waals surface area contributed by atoms with Crippen LogP contribution in [-0.4, -0.2) is 25.8 Å². The van der Waals surface area contributed by atoms with Gasteiger partial charge in [-0.15, -0.1) is 0 Å². The number of rotatable bonds is 2. The number of halogens is 1. The van der Waals surface area contributed by atoms with Crippen LogP contribution in [0.5, 0.6) is 0 Å². The van der Waals surface area contributed by atoms with Crippen molar-refractivity contribution in [2.45, 2.75) is 13.8 Å². The standard InChI is InChI=1S/C11H10BrN3O2/c1-6-10(11(16)17)7(2)15(14-6)9-3-4-13-5-8(9)12/h3-5H,1-2H3,(H,16,17). The van der Waals surface area contributed by atoms with E-state index in [0.29, 0.717) is 11.4 Å². The number of carboxylic acid groups (broad SMARTS) is 1. The van der Waals surface area contributed by atoms with Gasteiger partial charge in [-0.2, -0.15) is 5.10 Å². The third kappa shape index (κ3) is 1.95. The van der Waals surface area contributed by atoms with Crippen LogP contribution in [0, 0.1) is 13.8 Å². The molecule has 0 bridgehead atoms. The van der Waals surface area contributed by atoms with E-state index in [9.17, 15) is 4.79 Å². The molecule has 6 heteroatoms. The van der Waals surface area contributed by atoms with E-state index in [4.69, 9.17) is 5.11 Å². The van der Waals surface area contributed by atoms with E-state index in [-0.39, 0.29) is 5.56 Å². The minimum Gasteiger partial charge on any atom is -0.478 e. The maximum absolute atomic E-state index is 11.1. The summed E-state index contributed by atoms with van der Waals surface area (Å²) in [6, 6.07) is 1.77. The van der Waals surface area contributed by atoms with Crippen molar-refractivity contribution in [3.63, 3.8) is 0 Å². The molecule has 0 radical (unpaired) electrons. The number of hydrogen-bond acceptors (Lipinski definition) is 3. The Morgan fingerprint density at radius 1 is 1.47 bits per heavy atom. The number of carboxylic acids is 1. The minimum atomic E-state index is -0.962. The number of hydrogen-bond donors (Lipinski definition) is 1. The van der Waals surface area contributed by atoms with Crippen LogP contribution in [0.1, 0.15) is 21.7 Å². The molecule has 0 fully saturated rings. The van der Waals surface area contributed by atoms with Gasteiger partial charge in [0.15, 0.2) is 0 Å². The second kappa shape index (κ2) is 4.29. The Labute approximate surface area is 106 Å². The lowest BCUT2D eigenvalue weighted by atomic mass is 10.2. The first kappa shape index (κ1) is 11.8. The highest BCUT2D eigenvalue weighted by atomic mass is 79.9. The van der Waals surface area contributed by atoms with E-state index in [1.165, 1.54) is 0 Å². The van der Waals surface area contributed by atoms with Crippen LogP contribution in [0.25, 0.3) is 5.69 Å². The Bertz CT molecular complexity index is 592. The Balaban J connectivity index is 2.66. The summed E-state index contributed by atoms with van der Waals surface area (Å²) in [6.07, 6.45) is 3.28. The van der Waals surface area contributed by atoms with Crippen LogP contribution >= 0.6 is 15.9 Å². The number of pyridine rings is 1. The van der Waals surface area contributed by atoms with Gasteiger partial charge in [0.1, 0.15) is 5.56 Å². The molecule has 2 rings (SSSR count). The molecule has 0 aliphatic carbocycles. The van der Waals surface area contributed by atoms with Gasteiger partial charge < -0.3 is 5.11 Å². The summed E-state index contributed by atoms with van der Waals surface area (Å²) >= 11 is 3.37. The Morgan fingerprint density at radius 2 is 2.18 bits per heavy atom. The quantitative estimate of drug-likeness (QED) is 0.923. The van der Waals surface area contributed by atoms with Crippen LogP contribution in [0.15, 0.2) is 22.9 Å². The first-order chi connectivity index (χ1) is 8.02. The number of aromatic carboxylic acids is 1. The molecule has 5 nitrogen and oxygen atoms in total. The number of aryl methyl sites for hydroxylation is 1. The average molecular weight is 296 g/mol. The van der Waals surface area contributed by atoms with E-state index in [2.05, 4.69) is 26.0 Å². The zero-order chi connectivity index (χ0) is 12.6. The first-order valence-corrected chi connectivity index (χ1v) is 5.71. The molecule has 1 N–H and O–H groups in total. The number of nitrogens with zero attached hydrogens (tertiary/aromatic N) is 3. The molecule has 2 aromatic rings. The number of carbonyl (C=O) groups is 1. The molecule has 88 valence electrons. The van der Waals surface area contributed by atoms with Crippen molar-refractivity contribution in [2.24, 2.45) is 0 Å². The molecule has 0 saturated heterocycles. The molecular weight excluding hydrogens is 286 g/mol. The lowest BCUT2D eigenvalue weighted by molar-refractivity contribution is 0.0695. The van der Waals surface area contributed by atoms with Gasteiger partial charge in [0, 0.05) is 12.4 Å². The molecule has 17 heavy (non-hydrogen) atoms. The molecule has 0 aliphatic rings. The maximum atomic E-state index is 11.1. The molecule has 0 spiro atoms. The smallest absolute Gasteiger partial charge is 0.339 e. The van der Waals surface area contributed by atoms with Crippen molar-refractivity contribution in [2.75, 3.05) is 0 Å². The van der Waals surface area contributed by atoms with Crippen LogP contribution in [0.2, 0.25) is 0 Å². The van der Waals surface area contributed by atoms with Gasteiger partial charge in [0.05, 0.1) is 21.5 Å². The van der Waals surface area contributed by atoms with Crippen molar-refractivity contribution >= 4 is 21.9 Å². The molecule has 0 amide bonds. The van der Waals surface area contributed by atoms with E-state index in [0.717, 1.165) is 10.2 Å². The molecule has 0 unspecified atom stereocenters. The third-order valence-electron chi connectivity index (χ3n) is 2.48. The van der Waals surface area contributed by atoms with E-state index >= 15 is 0 Å². The van der Waals surface area contributed by atoms with Gasteiger partial charge in [-0.25, -0.2) is 9.48 Å². The first-order valence-electron chi connectivity index (χ1n) is 4.91. The third-order valence-corrected chi connectivity index (χ3v) is 3.10. The van der Waals surface area contributed by atoms with Gasteiger partial charge in [-0.05, 0) is 35.8 Å². The monoisotopic (exact) mass is 295 g/mol. The molecule has 0 aromatic carbocycles. The maximum Gasteiger partial charge on any atom is 0.339 e. The zero-order valence-corrected chi connectivity index (χ0v) is 10.9. The SMILES string of the molecule is Cc1nn(-c2ccncc2Br)c(C)c1C(=O)O. The zero-order valence-electron chi connectivity index (χ0n) is 9.31. The van der Waals surface area contributed by atoms with Gasteiger partial charge >= 0.3 is 5.97 Å². The van der Waals surface area contributed by atoms with Gasteiger partial charge in [-0.1, -0.05) is 0 Å². The predicted octanol–water partition coefficient (Wildman–Crippen LogP) is 2.34. The second-order valence-electron chi connectivity index (χ2n) is 3.59. The highest BCUT2D eigenvalue weighted by Gasteiger charge is 2.19. The molecule has 0 atom stereocenters. The average Bonchev–Trinajstić information content (AvgIpc) is 2.55. The highest BCUT2D eigenvalue weighted by Crippen LogP contribution is 2.23. The normalized spacial score (nSPS) is 10.5. The van der Waals surface area contributed by atoms with Gasteiger partial charge in [-0.3, -0.25) is 4.98 Å². The molecule has 2 aromatic heterocycles.